The average molecular weight is 281 g/mol. The smallest absolute Gasteiger partial charge is 0.255 e. The SMILES string of the molecule is O=Cc1cn2cc(NC(=O)c3ccc(O)cc3)ccc2n1. The Bertz CT molecular complexity index is 822. The molecule has 21 heavy (non-hydrogen) atoms. The number of aromatic nitrogens is 2. The number of phenols is 1. The molecule has 6 heteroatoms. The molecule has 104 valence electrons. The number of phenolic OH excluding ortho intramolecular Hbond substituents is 1. The van der Waals surface area contributed by atoms with Crippen molar-refractivity contribution in [3.05, 3.63) is 60.0 Å². The van der Waals surface area contributed by atoms with E-state index in [2.05, 4.69) is 10.3 Å². The molecule has 2 N–H and O–H groups in total. The van der Waals surface area contributed by atoms with Gasteiger partial charge in [0.15, 0.2) is 6.29 Å². The molecule has 0 radical (unpaired) electrons. The van der Waals surface area contributed by atoms with Crippen molar-refractivity contribution in [2.75, 3.05) is 5.32 Å². The van der Waals surface area contributed by atoms with Gasteiger partial charge in [-0.1, -0.05) is 0 Å². The molecule has 3 aromatic rings. The lowest BCUT2D eigenvalue weighted by Crippen LogP contribution is -2.11. The Labute approximate surface area is 119 Å². The predicted octanol–water partition coefficient (Wildman–Crippen LogP) is 2.10. The Kier molecular flexibility index (Phi) is 3.12. The van der Waals surface area contributed by atoms with Gasteiger partial charge in [0.05, 0.1) is 5.69 Å². The summed E-state index contributed by atoms with van der Waals surface area (Å²) in [4.78, 5) is 26.8. The van der Waals surface area contributed by atoms with Gasteiger partial charge in [0.2, 0.25) is 0 Å². The number of aldehydes is 1. The molecule has 3 rings (SSSR count). The molecule has 0 aliphatic carbocycles. The minimum atomic E-state index is -0.287. The summed E-state index contributed by atoms with van der Waals surface area (Å²) in [6.07, 6.45) is 3.92. The van der Waals surface area contributed by atoms with Crippen LogP contribution < -0.4 is 5.32 Å². The van der Waals surface area contributed by atoms with Crippen molar-refractivity contribution >= 4 is 23.5 Å². The molecule has 1 aromatic carbocycles. The highest BCUT2D eigenvalue weighted by Gasteiger charge is 2.07. The van der Waals surface area contributed by atoms with E-state index in [4.69, 9.17) is 0 Å². The molecule has 0 saturated heterocycles. The molecule has 0 aliphatic rings. The molecule has 0 fully saturated rings. The van der Waals surface area contributed by atoms with Gasteiger partial charge in [-0.25, -0.2) is 4.98 Å². The Hall–Kier alpha value is -3.15. The molecule has 1 amide bonds. The minimum absolute atomic E-state index is 0.104. The maximum Gasteiger partial charge on any atom is 0.255 e. The molecule has 0 aliphatic heterocycles. The third-order valence-corrected chi connectivity index (χ3v) is 2.98. The van der Waals surface area contributed by atoms with Crippen LogP contribution in [0, 0.1) is 0 Å². The second-order valence-corrected chi connectivity index (χ2v) is 4.47. The molecule has 0 unspecified atom stereocenters. The van der Waals surface area contributed by atoms with E-state index in [-0.39, 0.29) is 11.7 Å². The van der Waals surface area contributed by atoms with Gasteiger partial charge in [-0.2, -0.15) is 0 Å². The van der Waals surface area contributed by atoms with Gasteiger partial charge in [0, 0.05) is 18.0 Å². The fraction of sp³-hybridized carbons (Fsp3) is 0. The van der Waals surface area contributed by atoms with Gasteiger partial charge in [0.1, 0.15) is 17.1 Å². The van der Waals surface area contributed by atoms with Crippen LogP contribution in [0.3, 0.4) is 0 Å². The maximum absolute atomic E-state index is 12.0. The number of pyridine rings is 1. The lowest BCUT2D eigenvalue weighted by atomic mass is 10.2. The van der Waals surface area contributed by atoms with Gasteiger partial charge >= 0.3 is 0 Å². The minimum Gasteiger partial charge on any atom is -0.508 e. The topological polar surface area (TPSA) is 83.7 Å². The van der Waals surface area contributed by atoms with Crippen LogP contribution in [0.15, 0.2) is 48.8 Å². The third kappa shape index (κ3) is 2.59. The van der Waals surface area contributed by atoms with Crippen molar-refractivity contribution in [1.82, 2.24) is 9.38 Å². The van der Waals surface area contributed by atoms with E-state index in [1.807, 2.05) is 0 Å². The van der Waals surface area contributed by atoms with Crippen LogP contribution in [-0.2, 0) is 0 Å². The first-order valence-corrected chi connectivity index (χ1v) is 6.20. The van der Waals surface area contributed by atoms with Crippen molar-refractivity contribution in [2.24, 2.45) is 0 Å². The number of nitrogens with zero attached hydrogens (tertiary/aromatic N) is 2. The summed E-state index contributed by atoms with van der Waals surface area (Å²) in [6.45, 7) is 0. The van der Waals surface area contributed by atoms with E-state index < -0.39 is 0 Å². The van der Waals surface area contributed by atoms with E-state index in [0.29, 0.717) is 28.9 Å². The Balaban J connectivity index is 1.85. The van der Waals surface area contributed by atoms with Crippen molar-refractivity contribution in [2.45, 2.75) is 0 Å². The molecular weight excluding hydrogens is 270 g/mol. The number of aromatic hydroxyl groups is 1. The van der Waals surface area contributed by atoms with Crippen LogP contribution in [-0.4, -0.2) is 26.7 Å². The van der Waals surface area contributed by atoms with Crippen molar-refractivity contribution < 1.29 is 14.7 Å². The number of imidazole rings is 1. The van der Waals surface area contributed by atoms with Crippen LogP contribution in [0.25, 0.3) is 5.65 Å². The van der Waals surface area contributed by atoms with Crippen LogP contribution in [0.1, 0.15) is 20.8 Å². The quantitative estimate of drug-likeness (QED) is 0.720. The number of nitrogens with one attached hydrogen (secondary N) is 1. The van der Waals surface area contributed by atoms with Crippen molar-refractivity contribution in [3.63, 3.8) is 0 Å². The number of carbonyl (C=O) groups excluding carboxylic acids is 2. The zero-order valence-electron chi connectivity index (χ0n) is 10.9. The second-order valence-electron chi connectivity index (χ2n) is 4.47. The highest BCUT2D eigenvalue weighted by atomic mass is 16.3. The summed E-state index contributed by atoms with van der Waals surface area (Å²) in [7, 11) is 0. The van der Waals surface area contributed by atoms with Crippen LogP contribution in [0.4, 0.5) is 5.69 Å². The van der Waals surface area contributed by atoms with Gasteiger partial charge in [0.25, 0.3) is 5.91 Å². The predicted molar refractivity (Wildman–Crippen MR) is 76.6 cm³/mol. The Morgan fingerprint density at radius 3 is 2.62 bits per heavy atom. The highest BCUT2D eigenvalue weighted by molar-refractivity contribution is 6.04. The summed E-state index contributed by atoms with van der Waals surface area (Å²) >= 11 is 0. The Morgan fingerprint density at radius 2 is 1.90 bits per heavy atom. The van der Waals surface area contributed by atoms with Gasteiger partial charge in [-0.05, 0) is 36.4 Å². The largest absolute Gasteiger partial charge is 0.508 e. The number of fused-ring (bicyclic) bond motifs is 1. The zero-order valence-corrected chi connectivity index (χ0v) is 10.9. The summed E-state index contributed by atoms with van der Waals surface area (Å²) in [5.41, 5.74) is 1.97. The fourth-order valence-electron chi connectivity index (χ4n) is 1.96. The normalized spacial score (nSPS) is 10.5. The van der Waals surface area contributed by atoms with Crippen molar-refractivity contribution in [1.29, 1.82) is 0 Å². The summed E-state index contributed by atoms with van der Waals surface area (Å²) in [6, 6.07) is 9.37. The lowest BCUT2D eigenvalue weighted by molar-refractivity contribution is 0.102. The number of amides is 1. The molecule has 6 nitrogen and oxygen atoms in total. The van der Waals surface area contributed by atoms with Crippen LogP contribution in [0.2, 0.25) is 0 Å². The molecular formula is C15H11N3O3. The average Bonchev–Trinajstić information content (AvgIpc) is 2.90. The van der Waals surface area contributed by atoms with E-state index >= 15 is 0 Å². The number of rotatable bonds is 3. The third-order valence-electron chi connectivity index (χ3n) is 2.98. The summed E-state index contributed by atoms with van der Waals surface area (Å²) in [5.74, 6) is -0.183. The van der Waals surface area contributed by atoms with E-state index in [9.17, 15) is 14.7 Å². The molecule has 2 aromatic heterocycles. The Morgan fingerprint density at radius 1 is 1.14 bits per heavy atom. The first-order chi connectivity index (χ1) is 10.2. The number of benzene rings is 1. The molecule has 0 spiro atoms. The lowest BCUT2D eigenvalue weighted by Gasteiger charge is -2.06. The number of carbonyl (C=O) groups is 2. The summed E-state index contributed by atoms with van der Waals surface area (Å²) < 4.78 is 1.66. The molecule has 0 atom stereocenters. The summed E-state index contributed by atoms with van der Waals surface area (Å²) in [5, 5.41) is 11.9. The van der Waals surface area contributed by atoms with Gasteiger partial charge in [-0.3, -0.25) is 9.59 Å². The van der Waals surface area contributed by atoms with E-state index in [1.165, 1.54) is 24.3 Å². The maximum atomic E-state index is 12.0. The first-order valence-electron chi connectivity index (χ1n) is 6.20. The van der Waals surface area contributed by atoms with E-state index in [1.54, 1.807) is 28.9 Å². The second kappa shape index (κ2) is 5.09. The van der Waals surface area contributed by atoms with E-state index in [0.717, 1.165) is 0 Å². The first kappa shape index (κ1) is 12.9. The van der Waals surface area contributed by atoms with Gasteiger partial charge in [-0.15, -0.1) is 0 Å². The standard InChI is InChI=1S/C15H11N3O3/c19-9-12-8-18-7-11(3-6-14(18)16-12)17-15(21)10-1-4-13(20)5-2-10/h1-9,20H,(H,17,21). The van der Waals surface area contributed by atoms with Crippen molar-refractivity contribution in [3.8, 4) is 5.75 Å². The monoisotopic (exact) mass is 281 g/mol. The fourth-order valence-corrected chi connectivity index (χ4v) is 1.96. The molecule has 0 bridgehead atoms. The molecule has 2 heterocycles. The number of hydrogen-bond acceptors (Lipinski definition) is 4. The highest BCUT2D eigenvalue weighted by Crippen LogP contribution is 2.14. The molecule has 0 saturated carbocycles. The van der Waals surface area contributed by atoms with Gasteiger partial charge < -0.3 is 14.8 Å². The number of anilines is 1. The zero-order chi connectivity index (χ0) is 14.8. The number of hydrogen-bond donors (Lipinski definition) is 2. The van der Waals surface area contributed by atoms with Crippen LogP contribution in [0.5, 0.6) is 5.75 Å². The van der Waals surface area contributed by atoms with Crippen LogP contribution >= 0.6 is 0 Å².